The summed E-state index contributed by atoms with van der Waals surface area (Å²) >= 11 is 0. The number of aliphatic carboxylic acids is 1. The van der Waals surface area contributed by atoms with Crippen LogP contribution in [-0.2, 0) is 24.0 Å². The Morgan fingerprint density at radius 2 is 1.72 bits per heavy atom. The van der Waals surface area contributed by atoms with Gasteiger partial charge in [0.25, 0.3) is 0 Å². The molecule has 0 aromatic carbocycles. The van der Waals surface area contributed by atoms with Crippen molar-refractivity contribution in [3.63, 3.8) is 0 Å². The minimum absolute atomic E-state index is 0.0539. The van der Waals surface area contributed by atoms with Gasteiger partial charge in [-0.15, -0.1) is 0 Å². The molecule has 1 aliphatic heterocycles. The number of nitrogens with one attached hydrogen (secondary N) is 2. The second-order valence-corrected chi connectivity index (χ2v) is 9.34. The van der Waals surface area contributed by atoms with E-state index in [1.165, 1.54) is 4.90 Å². The number of carbonyl (C=O) groups excluding carboxylic acids is 4. The Kier molecular flexibility index (Phi) is 12.6. The molecule has 0 aromatic heterocycles. The number of nitrogens with zero attached hydrogens (tertiary/aromatic N) is 2. The van der Waals surface area contributed by atoms with Gasteiger partial charge >= 0.3 is 5.97 Å². The molecule has 0 spiro atoms. The zero-order valence-electron chi connectivity index (χ0n) is 20.9. The number of nitrogens with two attached hydrogens (primary N) is 4. The van der Waals surface area contributed by atoms with E-state index in [0.29, 0.717) is 25.7 Å². The molecule has 1 aliphatic rings. The Hall–Kier alpha value is -3.42. The van der Waals surface area contributed by atoms with Gasteiger partial charge in [-0.25, -0.2) is 4.79 Å². The maximum atomic E-state index is 13.3. The molecular weight excluding hydrogens is 472 g/mol. The third-order valence-electron chi connectivity index (χ3n) is 5.75. The van der Waals surface area contributed by atoms with E-state index in [2.05, 4.69) is 15.6 Å². The van der Waals surface area contributed by atoms with Crippen LogP contribution in [0.25, 0.3) is 0 Å². The van der Waals surface area contributed by atoms with Gasteiger partial charge in [0.05, 0.1) is 6.04 Å². The van der Waals surface area contributed by atoms with Crippen molar-refractivity contribution in [2.24, 2.45) is 33.8 Å². The van der Waals surface area contributed by atoms with E-state index >= 15 is 0 Å². The molecule has 0 aliphatic carbocycles. The van der Waals surface area contributed by atoms with Crippen LogP contribution in [-0.4, -0.2) is 82.8 Å². The maximum Gasteiger partial charge on any atom is 0.326 e. The van der Waals surface area contributed by atoms with Crippen molar-refractivity contribution in [3.8, 4) is 0 Å². The molecular formula is C22H40N8O6. The van der Waals surface area contributed by atoms with Crippen LogP contribution < -0.4 is 33.6 Å². The van der Waals surface area contributed by atoms with Crippen LogP contribution >= 0.6 is 0 Å². The zero-order valence-corrected chi connectivity index (χ0v) is 20.9. The largest absolute Gasteiger partial charge is 0.480 e. The third kappa shape index (κ3) is 10.5. The zero-order chi connectivity index (χ0) is 27.4. The lowest BCUT2D eigenvalue weighted by Gasteiger charge is -2.30. The highest BCUT2D eigenvalue weighted by atomic mass is 16.4. The summed E-state index contributed by atoms with van der Waals surface area (Å²) in [4.78, 5) is 66.9. The van der Waals surface area contributed by atoms with Crippen molar-refractivity contribution in [3.05, 3.63) is 0 Å². The number of rotatable bonds is 15. The first-order chi connectivity index (χ1) is 16.8. The molecule has 4 amide bonds. The van der Waals surface area contributed by atoms with Crippen LogP contribution in [0.1, 0.15) is 58.8 Å². The van der Waals surface area contributed by atoms with Crippen LogP contribution in [0.3, 0.4) is 0 Å². The molecule has 0 saturated carbocycles. The Balaban J connectivity index is 2.92. The number of carboxylic acid groups (broad SMARTS) is 1. The van der Waals surface area contributed by atoms with Gasteiger partial charge in [0, 0.05) is 19.5 Å². The van der Waals surface area contributed by atoms with Crippen molar-refractivity contribution >= 4 is 35.6 Å². The predicted molar refractivity (Wildman–Crippen MR) is 132 cm³/mol. The second-order valence-electron chi connectivity index (χ2n) is 9.34. The Morgan fingerprint density at radius 1 is 1.06 bits per heavy atom. The summed E-state index contributed by atoms with van der Waals surface area (Å²) < 4.78 is 0. The standard InChI is InChI=1S/C22H40N8O6/c1-12(2)11-13(23)18(32)28-14(7-8-17(24)31)20(34)30-10-4-6-16(30)19(33)29-15(21(35)36)5-3-9-27-22(25)26/h12-16H,3-11,23H2,1-2H3,(H2,24,31)(H,28,32)(H,29,33)(H,35,36)(H4,25,26,27)/t13-,14-,15-,16-/m0/s1. The average Bonchev–Trinajstić information content (AvgIpc) is 3.27. The van der Waals surface area contributed by atoms with Crippen LogP contribution in [0.4, 0.5) is 0 Å². The second kappa shape index (κ2) is 14.9. The number of carbonyl (C=O) groups is 5. The number of guanidine groups is 1. The van der Waals surface area contributed by atoms with E-state index in [1.54, 1.807) is 0 Å². The molecule has 14 heteroatoms. The molecule has 0 bridgehead atoms. The van der Waals surface area contributed by atoms with E-state index in [4.69, 9.17) is 22.9 Å². The van der Waals surface area contributed by atoms with Gasteiger partial charge in [0.15, 0.2) is 5.96 Å². The number of hydrogen-bond donors (Lipinski definition) is 7. The minimum atomic E-state index is -1.23. The highest BCUT2D eigenvalue weighted by Crippen LogP contribution is 2.20. The normalized spacial score (nSPS) is 17.7. The van der Waals surface area contributed by atoms with E-state index < -0.39 is 53.8 Å². The summed E-state index contributed by atoms with van der Waals surface area (Å²) in [6.45, 7) is 4.25. The summed E-state index contributed by atoms with van der Waals surface area (Å²) in [6.07, 6.45) is 1.43. The van der Waals surface area contributed by atoms with E-state index in [0.717, 1.165) is 0 Å². The fourth-order valence-corrected chi connectivity index (χ4v) is 3.97. The Labute approximate surface area is 210 Å². The van der Waals surface area contributed by atoms with E-state index in [9.17, 15) is 29.1 Å². The molecule has 36 heavy (non-hydrogen) atoms. The van der Waals surface area contributed by atoms with Gasteiger partial charge in [-0.05, 0) is 44.4 Å². The third-order valence-corrected chi connectivity index (χ3v) is 5.75. The highest BCUT2D eigenvalue weighted by molar-refractivity contribution is 5.94. The number of carboxylic acids is 1. The molecule has 0 aromatic rings. The van der Waals surface area contributed by atoms with Crippen molar-refractivity contribution in [1.82, 2.24) is 15.5 Å². The van der Waals surface area contributed by atoms with E-state index in [1.807, 2.05) is 13.8 Å². The molecule has 11 N–H and O–H groups in total. The lowest BCUT2D eigenvalue weighted by molar-refractivity contribution is -0.145. The summed E-state index contributed by atoms with van der Waals surface area (Å²) in [7, 11) is 0. The van der Waals surface area contributed by atoms with Crippen LogP contribution in [0.15, 0.2) is 4.99 Å². The SMILES string of the molecule is CC(C)C[C@H](N)C(=O)N[C@@H](CCC(N)=O)C(=O)N1CCC[C@H]1C(=O)N[C@@H](CCCN=C(N)N)C(=O)O. The molecule has 1 rings (SSSR count). The van der Waals surface area contributed by atoms with Crippen molar-refractivity contribution in [1.29, 1.82) is 0 Å². The quantitative estimate of drug-likeness (QED) is 0.0708. The Bertz CT molecular complexity index is 829. The van der Waals surface area contributed by atoms with Gasteiger partial charge in [0.1, 0.15) is 18.1 Å². The van der Waals surface area contributed by atoms with Crippen LogP contribution in [0, 0.1) is 5.92 Å². The molecule has 1 fully saturated rings. The fraction of sp³-hybridized carbons (Fsp3) is 0.727. The van der Waals surface area contributed by atoms with Gasteiger partial charge in [0.2, 0.25) is 23.6 Å². The smallest absolute Gasteiger partial charge is 0.326 e. The first kappa shape index (κ1) is 30.6. The minimum Gasteiger partial charge on any atom is -0.480 e. The van der Waals surface area contributed by atoms with Crippen LogP contribution in [0.5, 0.6) is 0 Å². The summed E-state index contributed by atoms with van der Waals surface area (Å²) in [5, 5.41) is 14.6. The number of likely N-dealkylation sites (tertiary alicyclic amines) is 1. The first-order valence-electron chi connectivity index (χ1n) is 12.1. The maximum absolute atomic E-state index is 13.3. The first-order valence-corrected chi connectivity index (χ1v) is 12.1. The molecule has 1 heterocycles. The molecule has 4 atom stereocenters. The summed E-state index contributed by atoms with van der Waals surface area (Å²) in [5.41, 5.74) is 21.7. The number of hydrogen-bond acceptors (Lipinski definition) is 7. The number of primary amides is 1. The number of aliphatic imine (C=N–C) groups is 1. The van der Waals surface area contributed by atoms with Gasteiger partial charge in [-0.2, -0.15) is 0 Å². The lowest BCUT2D eigenvalue weighted by Crippen LogP contribution is -2.57. The molecule has 1 saturated heterocycles. The van der Waals surface area contributed by atoms with Crippen molar-refractivity contribution in [2.45, 2.75) is 83.0 Å². The van der Waals surface area contributed by atoms with Gasteiger partial charge < -0.3 is 43.6 Å². The molecule has 14 nitrogen and oxygen atoms in total. The van der Waals surface area contributed by atoms with Gasteiger partial charge in [-0.1, -0.05) is 13.8 Å². The summed E-state index contributed by atoms with van der Waals surface area (Å²) in [6, 6.07) is -4.06. The average molecular weight is 513 g/mol. The number of amides is 4. The monoisotopic (exact) mass is 512 g/mol. The molecule has 0 radical (unpaired) electrons. The lowest BCUT2D eigenvalue weighted by atomic mass is 10.0. The van der Waals surface area contributed by atoms with Crippen molar-refractivity contribution < 1.29 is 29.1 Å². The molecule has 204 valence electrons. The topological polar surface area (TPSA) is 249 Å². The fourth-order valence-electron chi connectivity index (χ4n) is 3.97. The van der Waals surface area contributed by atoms with E-state index in [-0.39, 0.29) is 44.2 Å². The van der Waals surface area contributed by atoms with Crippen molar-refractivity contribution in [2.75, 3.05) is 13.1 Å². The predicted octanol–water partition coefficient (Wildman–Crippen LogP) is -2.28. The highest BCUT2D eigenvalue weighted by Gasteiger charge is 2.39. The van der Waals surface area contributed by atoms with Gasteiger partial charge in [-0.3, -0.25) is 24.2 Å². The molecule has 0 unspecified atom stereocenters. The summed E-state index contributed by atoms with van der Waals surface area (Å²) in [5.74, 6) is -3.56. The van der Waals surface area contributed by atoms with Crippen LogP contribution in [0.2, 0.25) is 0 Å². The Morgan fingerprint density at radius 3 is 2.28 bits per heavy atom.